The molecule has 2 unspecified atom stereocenters. The monoisotopic (exact) mass is 518 g/mol. The standard InChI is InChI=1S/C29H30N2O7/c1-36-28(34)24(23-15-9-4-10-16-23)18-30-27(37-19-21-11-5-2-6-12-21)25(17-26(32)33)31-29(35)38-20-22-13-7-3-8-14-22/h2-16,24-25H,17-20H2,1H3,(H,31,35)(H,32,33). The summed E-state index contributed by atoms with van der Waals surface area (Å²) in [4.78, 5) is 41.3. The first-order chi connectivity index (χ1) is 18.5. The van der Waals surface area contributed by atoms with Crippen molar-refractivity contribution in [3.05, 3.63) is 108 Å². The molecule has 198 valence electrons. The third kappa shape index (κ3) is 9.09. The van der Waals surface area contributed by atoms with Crippen LogP contribution in [-0.2, 0) is 37.0 Å². The second-order valence-corrected chi connectivity index (χ2v) is 8.30. The Morgan fingerprint density at radius 3 is 1.87 bits per heavy atom. The fourth-order valence-electron chi connectivity index (χ4n) is 3.59. The van der Waals surface area contributed by atoms with Crippen LogP contribution in [0.3, 0.4) is 0 Å². The number of carboxylic acid groups (broad SMARTS) is 1. The van der Waals surface area contributed by atoms with Gasteiger partial charge in [0.15, 0.2) is 0 Å². The molecule has 0 saturated carbocycles. The number of aliphatic imine (C=N–C) groups is 1. The van der Waals surface area contributed by atoms with Crippen molar-refractivity contribution in [3.63, 3.8) is 0 Å². The number of carboxylic acids is 1. The van der Waals surface area contributed by atoms with E-state index in [1.54, 1.807) is 36.4 Å². The first kappa shape index (κ1) is 27.9. The SMILES string of the molecule is COC(=O)C(CN=C(OCc1ccccc1)C(CC(=O)O)NC(=O)OCc1ccccc1)c1ccccc1. The Balaban J connectivity index is 1.83. The van der Waals surface area contributed by atoms with Crippen molar-refractivity contribution in [1.29, 1.82) is 0 Å². The average molecular weight is 519 g/mol. The molecule has 2 N–H and O–H groups in total. The summed E-state index contributed by atoms with van der Waals surface area (Å²) in [6.07, 6.45) is -1.34. The van der Waals surface area contributed by atoms with Crippen LogP contribution >= 0.6 is 0 Å². The molecule has 2 atom stereocenters. The normalized spacial score (nSPS) is 12.6. The lowest BCUT2D eigenvalue weighted by atomic mass is 9.99. The summed E-state index contributed by atoms with van der Waals surface area (Å²) < 4.78 is 16.2. The van der Waals surface area contributed by atoms with Gasteiger partial charge in [-0.2, -0.15) is 0 Å². The highest BCUT2D eigenvalue weighted by molar-refractivity contribution is 5.89. The first-order valence-corrected chi connectivity index (χ1v) is 12.0. The van der Waals surface area contributed by atoms with Crippen molar-refractivity contribution in [2.24, 2.45) is 4.99 Å². The van der Waals surface area contributed by atoms with Crippen LogP contribution in [0.25, 0.3) is 0 Å². The number of hydrogen-bond donors (Lipinski definition) is 2. The number of benzene rings is 3. The fourth-order valence-corrected chi connectivity index (χ4v) is 3.59. The summed E-state index contributed by atoms with van der Waals surface area (Å²) in [5.74, 6) is -2.49. The molecule has 0 aromatic heterocycles. The van der Waals surface area contributed by atoms with Crippen molar-refractivity contribution in [2.75, 3.05) is 13.7 Å². The Bertz CT molecular complexity index is 1200. The molecular formula is C29H30N2O7. The van der Waals surface area contributed by atoms with Crippen molar-refractivity contribution in [2.45, 2.75) is 31.6 Å². The third-order valence-electron chi connectivity index (χ3n) is 5.53. The number of hydrogen-bond acceptors (Lipinski definition) is 7. The third-order valence-corrected chi connectivity index (χ3v) is 5.53. The zero-order valence-corrected chi connectivity index (χ0v) is 21.0. The summed E-state index contributed by atoms with van der Waals surface area (Å²) in [6, 6.07) is 26.1. The van der Waals surface area contributed by atoms with E-state index >= 15 is 0 Å². The molecule has 3 aromatic carbocycles. The maximum absolute atomic E-state index is 12.6. The minimum Gasteiger partial charge on any atom is -0.481 e. The highest BCUT2D eigenvalue weighted by Crippen LogP contribution is 2.18. The Morgan fingerprint density at radius 1 is 0.816 bits per heavy atom. The molecule has 0 heterocycles. The number of ether oxygens (including phenoxy) is 3. The van der Waals surface area contributed by atoms with Crippen molar-refractivity contribution < 1.29 is 33.7 Å². The quantitative estimate of drug-likeness (QED) is 0.208. The minimum absolute atomic E-state index is 0.00222. The molecule has 0 fully saturated rings. The van der Waals surface area contributed by atoms with Gasteiger partial charge in [-0.1, -0.05) is 91.0 Å². The van der Waals surface area contributed by atoms with Crippen LogP contribution in [0.5, 0.6) is 0 Å². The van der Waals surface area contributed by atoms with Gasteiger partial charge in [-0.15, -0.1) is 0 Å². The van der Waals surface area contributed by atoms with E-state index in [0.717, 1.165) is 11.1 Å². The van der Waals surface area contributed by atoms with Crippen LogP contribution < -0.4 is 5.32 Å². The highest BCUT2D eigenvalue weighted by atomic mass is 16.5. The predicted octanol–water partition coefficient (Wildman–Crippen LogP) is 4.33. The van der Waals surface area contributed by atoms with Gasteiger partial charge in [0.1, 0.15) is 25.2 Å². The predicted molar refractivity (Wildman–Crippen MR) is 141 cm³/mol. The van der Waals surface area contributed by atoms with Gasteiger partial charge in [-0.05, 0) is 16.7 Å². The van der Waals surface area contributed by atoms with E-state index in [-0.39, 0.29) is 25.7 Å². The number of esters is 1. The molecule has 0 aliphatic heterocycles. The van der Waals surface area contributed by atoms with Crippen molar-refractivity contribution >= 4 is 23.9 Å². The fraction of sp³-hybridized carbons (Fsp3) is 0.241. The summed E-state index contributed by atoms with van der Waals surface area (Å²) in [5.41, 5.74) is 2.26. The summed E-state index contributed by atoms with van der Waals surface area (Å²) in [5, 5.41) is 12.1. The van der Waals surface area contributed by atoms with Crippen molar-refractivity contribution in [1.82, 2.24) is 5.32 Å². The van der Waals surface area contributed by atoms with Gasteiger partial charge >= 0.3 is 18.0 Å². The van der Waals surface area contributed by atoms with Crippen LogP contribution in [0.15, 0.2) is 96.0 Å². The number of nitrogens with one attached hydrogen (secondary N) is 1. The van der Waals surface area contributed by atoms with E-state index in [0.29, 0.717) is 5.56 Å². The lowest BCUT2D eigenvalue weighted by molar-refractivity contribution is -0.142. The Morgan fingerprint density at radius 2 is 1.34 bits per heavy atom. The van der Waals surface area contributed by atoms with Crippen LogP contribution in [0.1, 0.15) is 29.0 Å². The molecule has 1 amide bonds. The molecule has 0 spiro atoms. The molecule has 3 aromatic rings. The molecule has 0 radical (unpaired) electrons. The number of rotatable bonds is 12. The Labute approximate surface area is 221 Å². The van der Waals surface area contributed by atoms with E-state index < -0.39 is 36.4 Å². The first-order valence-electron chi connectivity index (χ1n) is 12.0. The van der Waals surface area contributed by atoms with E-state index in [2.05, 4.69) is 10.3 Å². The molecule has 0 aliphatic rings. The van der Waals surface area contributed by atoms with E-state index in [9.17, 15) is 19.5 Å². The topological polar surface area (TPSA) is 124 Å². The van der Waals surface area contributed by atoms with E-state index in [4.69, 9.17) is 14.2 Å². The zero-order valence-electron chi connectivity index (χ0n) is 21.0. The number of alkyl carbamates (subject to hydrolysis) is 1. The smallest absolute Gasteiger partial charge is 0.408 e. The molecular weight excluding hydrogens is 488 g/mol. The van der Waals surface area contributed by atoms with Gasteiger partial charge in [-0.25, -0.2) is 4.79 Å². The van der Waals surface area contributed by atoms with Crippen LogP contribution in [0.4, 0.5) is 4.79 Å². The second-order valence-electron chi connectivity index (χ2n) is 8.30. The minimum atomic E-state index is -1.18. The highest BCUT2D eigenvalue weighted by Gasteiger charge is 2.27. The second kappa shape index (κ2) is 14.8. The zero-order chi connectivity index (χ0) is 27.2. The molecule has 9 nitrogen and oxygen atoms in total. The van der Waals surface area contributed by atoms with Gasteiger partial charge in [-0.3, -0.25) is 14.6 Å². The number of carbonyl (C=O) groups is 3. The molecule has 3 rings (SSSR count). The van der Waals surface area contributed by atoms with E-state index in [1.807, 2.05) is 54.6 Å². The maximum Gasteiger partial charge on any atom is 0.408 e. The Kier molecular flexibility index (Phi) is 10.9. The van der Waals surface area contributed by atoms with Crippen LogP contribution in [0, 0.1) is 0 Å². The molecule has 9 heteroatoms. The lowest BCUT2D eigenvalue weighted by Gasteiger charge is -2.21. The van der Waals surface area contributed by atoms with E-state index in [1.165, 1.54) is 7.11 Å². The number of nitrogens with zero attached hydrogens (tertiary/aromatic N) is 1. The van der Waals surface area contributed by atoms with Gasteiger partial charge in [0, 0.05) is 0 Å². The summed E-state index contributed by atoms with van der Waals surface area (Å²) >= 11 is 0. The molecule has 0 bridgehead atoms. The van der Waals surface area contributed by atoms with Crippen molar-refractivity contribution in [3.8, 4) is 0 Å². The Hall–Kier alpha value is -4.66. The largest absolute Gasteiger partial charge is 0.481 e. The number of methoxy groups -OCH3 is 1. The van der Waals surface area contributed by atoms with Crippen LogP contribution in [0.2, 0.25) is 0 Å². The van der Waals surface area contributed by atoms with Gasteiger partial charge < -0.3 is 24.6 Å². The van der Waals surface area contributed by atoms with Gasteiger partial charge in [0.2, 0.25) is 5.90 Å². The van der Waals surface area contributed by atoms with Crippen LogP contribution in [-0.4, -0.2) is 48.7 Å². The number of amides is 1. The summed E-state index contributed by atoms with van der Waals surface area (Å²) in [6.45, 7) is -0.00926. The number of aliphatic carboxylic acids is 1. The number of carbonyl (C=O) groups excluding carboxylic acids is 2. The average Bonchev–Trinajstić information content (AvgIpc) is 2.94. The lowest BCUT2D eigenvalue weighted by Crippen LogP contribution is -2.43. The van der Waals surface area contributed by atoms with Gasteiger partial charge in [0.25, 0.3) is 0 Å². The maximum atomic E-state index is 12.6. The summed E-state index contributed by atoms with van der Waals surface area (Å²) in [7, 11) is 1.28. The molecule has 0 saturated heterocycles. The molecule has 38 heavy (non-hydrogen) atoms. The molecule has 0 aliphatic carbocycles. The van der Waals surface area contributed by atoms with Gasteiger partial charge in [0.05, 0.1) is 20.1 Å².